The van der Waals surface area contributed by atoms with Crippen LogP contribution < -0.4 is 5.32 Å². The van der Waals surface area contributed by atoms with Gasteiger partial charge in [-0.3, -0.25) is 0 Å². The Morgan fingerprint density at radius 2 is 2.12 bits per heavy atom. The lowest BCUT2D eigenvalue weighted by Crippen LogP contribution is -2.17. The first-order chi connectivity index (χ1) is 7.79. The standard InChI is InChI=1S/C12H22N4/c1-3-13-8-11-9-16(15-14-11)12-6-4-10(2)5-7-12/h9-10,12-13H,3-8H2,1-2H3. The second kappa shape index (κ2) is 5.43. The topological polar surface area (TPSA) is 42.7 Å². The minimum atomic E-state index is 0.582. The molecule has 1 fully saturated rings. The van der Waals surface area contributed by atoms with Crippen molar-refractivity contribution in [2.24, 2.45) is 5.92 Å². The molecule has 1 aromatic rings. The Labute approximate surface area is 97.4 Å². The van der Waals surface area contributed by atoms with Gasteiger partial charge in [0, 0.05) is 6.54 Å². The quantitative estimate of drug-likeness (QED) is 0.848. The molecule has 1 aliphatic carbocycles. The smallest absolute Gasteiger partial charge is 0.0964 e. The highest BCUT2D eigenvalue weighted by Crippen LogP contribution is 2.31. The Hall–Kier alpha value is -0.900. The molecular formula is C12H22N4. The van der Waals surface area contributed by atoms with Crippen LogP contribution in [0.2, 0.25) is 0 Å². The van der Waals surface area contributed by atoms with Crippen LogP contribution in [0.4, 0.5) is 0 Å². The lowest BCUT2D eigenvalue weighted by atomic mass is 9.87. The molecule has 4 heteroatoms. The van der Waals surface area contributed by atoms with Crippen molar-refractivity contribution in [3.63, 3.8) is 0 Å². The lowest BCUT2D eigenvalue weighted by molar-refractivity contribution is 0.270. The van der Waals surface area contributed by atoms with E-state index in [1.54, 1.807) is 0 Å². The average Bonchev–Trinajstić information content (AvgIpc) is 2.76. The maximum Gasteiger partial charge on any atom is 0.0964 e. The van der Waals surface area contributed by atoms with E-state index in [1.807, 2.05) is 0 Å². The zero-order valence-corrected chi connectivity index (χ0v) is 10.3. The monoisotopic (exact) mass is 222 g/mol. The van der Waals surface area contributed by atoms with Crippen molar-refractivity contribution in [1.29, 1.82) is 0 Å². The van der Waals surface area contributed by atoms with E-state index in [-0.39, 0.29) is 0 Å². The first kappa shape index (κ1) is 11.6. The van der Waals surface area contributed by atoms with Gasteiger partial charge in [-0.15, -0.1) is 5.10 Å². The van der Waals surface area contributed by atoms with E-state index in [0.29, 0.717) is 6.04 Å². The Morgan fingerprint density at radius 3 is 2.81 bits per heavy atom. The van der Waals surface area contributed by atoms with Gasteiger partial charge in [-0.05, 0) is 38.1 Å². The third-order valence-electron chi connectivity index (χ3n) is 3.47. The fourth-order valence-corrected chi connectivity index (χ4v) is 2.33. The van der Waals surface area contributed by atoms with Crippen LogP contribution in [0.5, 0.6) is 0 Å². The van der Waals surface area contributed by atoms with Crippen molar-refractivity contribution in [2.75, 3.05) is 6.54 Å². The summed E-state index contributed by atoms with van der Waals surface area (Å²) in [5, 5.41) is 11.7. The van der Waals surface area contributed by atoms with Crippen LogP contribution in [0.15, 0.2) is 6.20 Å². The van der Waals surface area contributed by atoms with Gasteiger partial charge in [0.25, 0.3) is 0 Å². The summed E-state index contributed by atoms with van der Waals surface area (Å²) in [7, 11) is 0. The molecule has 90 valence electrons. The number of hydrogen-bond acceptors (Lipinski definition) is 3. The van der Waals surface area contributed by atoms with Crippen LogP contribution in [0, 0.1) is 5.92 Å². The van der Waals surface area contributed by atoms with Crippen molar-refractivity contribution in [2.45, 2.75) is 52.1 Å². The molecule has 1 heterocycles. The number of hydrogen-bond donors (Lipinski definition) is 1. The summed E-state index contributed by atoms with van der Waals surface area (Å²) in [5.41, 5.74) is 1.06. The van der Waals surface area contributed by atoms with Crippen LogP contribution in [0.1, 0.15) is 51.3 Å². The van der Waals surface area contributed by atoms with Gasteiger partial charge in [-0.25, -0.2) is 4.68 Å². The van der Waals surface area contributed by atoms with Gasteiger partial charge < -0.3 is 5.32 Å². The number of aromatic nitrogens is 3. The number of nitrogens with zero attached hydrogens (tertiary/aromatic N) is 3. The van der Waals surface area contributed by atoms with E-state index in [9.17, 15) is 0 Å². The van der Waals surface area contributed by atoms with E-state index in [1.165, 1.54) is 25.7 Å². The second-order valence-electron chi connectivity index (χ2n) is 4.88. The predicted molar refractivity (Wildman–Crippen MR) is 64.1 cm³/mol. The highest BCUT2D eigenvalue weighted by Gasteiger charge is 2.20. The van der Waals surface area contributed by atoms with E-state index >= 15 is 0 Å². The van der Waals surface area contributed by atoms with Crippen LogP contribution in [0.25, 0.3) is 0 Å². The summed E-state index contributed by atoms with van der Waals surface area (Å²) >= 11 is 0. The molecular weight excluding hydrogens is 200 g/mol. The Kier molecular flexibility index (Phi) is 3.93. The van der Waals surface area contributed by atoms with Crippen LogP contribution >= 0.6 is 0 Å². The Bertz CT molecular complexity index is 313. The summed E-state index contributed by atoms with van der Waals surface area (Å²) in [6, 6.07) is 0.582. The molecule has 1 aliphatic rings. The Morgan fingerprint density at radius 1 is 1.38 bits per heavy atom. The minimum absolute atomic E-state index is 0.582. The zero-order valence-electron chi connectivity index (χ0n) is 10.3. The van der Waals surface area contributed by atoms with Gasteiger partial charge in [-0.1, -0.05) is 19.1 Å². The van der Waals surface area contributed by atoms with E-state index in [4.69, 9.17) is 0 Å². The summed E-state index contributed by atoms with van der Waals surface area (Å²) < 4.78 is 2.07. The van der Waals surface area contributed by atoms with Crippen molar-refractivity contribution in [3.8, 4) is 0 Å². The molecule has 0 spiro atoms. The summed E-state index contributed by atoms with van der Waals surface area (Å²) in [5.74, 6) is 0.890. The van der Waals surface area contributed by atoms with Crippen LogP contribution in [-0.2, 0) is 6.54 Å². The van der Waals surface area contributed by atoms with Gasteiger partial charge in [0.1, 0.15) is 0 Å². The molecule has 16 heavy (non-hydrogen) atoms. The fraction of sp³-hybridized carbons (Fsp3) is 0.833. The molecule has 1 saturated carbocycles. The summed E-state index contributed by atoms with van der Waals surface area (Å²) in [6.07, 6.45) is 7.26. The fourth-order valence-electron chi connectivity index (χ4n) is 2.33. The van der Waals surface area contributed by atoms with Crippen molar-refractivity contribution in [3.05, 3.63) is 11.9 Å². The number of rotatable bonds is 4. The van der Waals surface area contributed by atoms with E-state index in [2.05, 4.69) is 40.4 Å². The molecule has 2 rings (SSSR count). The maximum atomic E-state index is 4.24. The largest absolute Gasteiger partial charge is 0.311 e. The van der Waals surface area contributed by atoms with Gasteiger partial charge in [0.05, 0.1) is 17.9 Å². The third-order valence-corrected chi connectivity index (χ3v) is 3.47. The molecule has 0 saturated heterocycles. The molecule has 0 radical (unpaired) electrons. The molecule has 1 aromatic heterocycles. The molecule has 1 N–H and O–H groups in total. The van der Waals surface area contributed by atoms with Gasteiger partial charge in [-0.2, -0.15) is 0 Å². The van der Waals surface area contributed by atoms with Gasteiger partial charge in [0.15, 0.2) is 0 Å². The van der Waals surface area contributed by atoms with Gasteiger partial charge in [0.2, 0.25) is 0 Å². The maximum absolute atomic E-state index is 4.24. The number of nitrogens with one attached hydrogen (secondary N) is 1. The van der Waals surface area contributed by atoms with Gasteiger partial charge >= 0.3 is 0 Å². The van der Waals surface area contributed by atoms with E-state index < -0.39 is 0 Å². The Balaban J connectivity index is 1.91. The first-order valence-corrected chi connectivity index (χ1v) is 6.41. The van der Waals surface area contributed by atoms with Crippen molar-refractivity contribution in [1.82, 2.24) is 20.3 Å². The summed E-state index contributed by atoms with van der Waals surface area (Å²) in [6.45, 7) is 6.26. The summed E-state index contributed by atoms with van der Waals surface area (Å²) in [4.78, 5) is 0. The highest BCUT2D eigenvalue weighted by atomic mass is 15.4. The SMILES string of the molecule is CCNCc1cn(C2CCC(C)CC2)nn1. The second-order valence-corrected chi connectivity index (χ2v) is 4.88. The molecule has 4 nitrogen and oxygen atoms in total. The molecule has 0 aromatic carbocycles. The highest BCUT2D eigenvalue weighted by molar-refractivity contribution is 4.93. The zero-order chi connectivity index (χ0) is 11.4. The molecule has 0 unspecified atom stereocenters. The predicted octanol–water partition coefficient (Wildman–Crippen LogP) is 2.14. The molecule has 0 bridgehead atoms. The average molecular weight is 222 g/mol. The van der Waals surface area contributed by atoms with Crippen LogP contribution in [-0.4, -0.2) is 21.5 Å². The third kappa shape index (κ3) is 2.82. The normalized spacial score (nSPS) is 25.9. The first-order valence-electron chi connectivity index (χ1n) is 6.41. The minimum Gasteiger partial charge on any atom is -0.311 e. The van der Waals surface area contributed by atoms with Crippen molar-refractivity contribution >= 4 is 0 Å². The molecule has 0 atom stereocenters. The lowest BCUT2D eigenvalue weighted by Gasteiger charge is -2.25. The van der Waals surface area contributed by atoms with E-state index in [0.717, 1.165) is 24.7 Å². The van der Waals surface area contributed by atoms with Crippen molar-refractivity contribution < 1.29 is 0 Å². The molecule has 0 aliphatic heterocycles. The molecule has 0 amide bonds. The van der Waals surface area contributed by atoms with Crippen LogP contribution in [0.3, 0.4) is 0 Å².